The fraction of sp³-hybridized carbons (Fsp3) is 0.525. The number of para-hydroxylation sites is 1. The highest BCUT2D eigenvalue weighted by molar-refractivity contribution is 8.06. The molecule has 6 aromatic rings. The summed E-state index contributed by atoms with van der Waals surface area (Å²) in [4.78, 5) is 9.98. The Bertz CT molecular complexity index is 3820. The smallest absolute Gasteiger partial charge is 0.259 e. The second kappa shape index (κ2) is 18.3. The number of hydrogen-bond acceptors (Lipinski definition) is 4. The van der Waals surface area contributed by atoms with Crippen LogP contribution in [-0.4, -0.2) is 12.0 Å². The molecule has 0 N–H and O–H groups in total. The molecular weight excluding hydrogens is 1050 g/mol. The first kappa shape index (κ1) is 57.6. The number of allylic oxidation sites excluding steroid dienone is 1. The summed E-state index contributed by atoms with van der Waals surface area (Å²) in [5.74, 6) is 0.342. The summed E-state index contributed by atoms with van der Waals surface area (Å²) in [6.45, 7) is 50.7. The van der Waals surface area contributed by atoms with Gasteiger partial charge < -0.3 is 14.7 Å². The zero-order valence-corrected chi connectivity index (χ0v) is 56.8. The highest BCUT2D eigenvalue weighted by Crippen LogP contribution is 2.67. The lowest BCUT2D eigenvalue weighted by Crippen LogP contribution is -2.56. The molecule has 444 valence electrons. The summed E-state index contributed by atoms with van der Waals surface area (Å²) >= 11 is 2.30. The monoisotopic (exact) mass is 1150 g/mol. The van der Waals surface area contributed by atoms with Gasteiger partial charge in [-0.25, -0.2) is 0 Å². The van der Waals surface area contributed by atoms with E-state index in [4.69, 9.17) is 0 Å². The molecule has 0 radical (unpaired) electrons. The minimum atomic E-state index is 0.0211. The van der Waals surface area contributed by atoms with E-state index in [1.165, 1.54) is 160 Å². The van der Waals surface area contributed by atoms with Gasteiger partial charge >= 0.3 is 0 Å². The van der Waals surface area contributed by atoms with Crippen molar-refractivity contribution in [2.24, 2.45) is 16.7 Å². The van der Waals surface area contributed by atoms with Crippen LogP contribution in [0.1, 0.15) is 247 Å². The minimum Gasteiger partial charge on any atom is -0.314 e. The van der Waals surface area contributed by atoms with Gasteiger partial charge in [0.05, 0.1) is 5.69 Å². The number of fused-ring (bicyclic) bond motifs is 9. The Hall–Kier alpha value is -5.13. The highest BCUT2D eigenvalue weighted by atomic mass is 32.2. The molecule has 0 amide bonds. The van der Waals surface area contributed by atoms with Crippen molar-refractivity contribution in [2.75, 3.05) is 14.7 Å². The fourth-order valence-corrected chi connectivity index (χ4v) is 20.3. The Morgan fingerprint density at radius 3 is 1.28 bits per heavy atom. The summed E-state index contributed by atoms with van der Waals surface area (Å²) in [5.41, 5.74) is 27.6. The molecule has 14 rings (SSSR count). The second-order valence-corrected chi connectivity index (χ2v) is 36.3. The molecule has 1 fully saturated rings. The third kappa shape index (κ3) is 8.60. The van der Waals surface area contributed by atoms with Crippen molar-refractivity contribution < 1.29 is 0 Å². The van der Waals surface area contributed by atoms with Crippen molar-refractivity contribution in [1.29, 1.82) is 0 Å². The molecular formula is C80H100BN3S. The Kier molecular flexibility index (Phi) is 12.4. The van der Waals surface area contributed by atoms with E-state index in [1.807, 2.05) is 0 Å². The molecule has 3 heterocycles. The van der Waals surface area contributed by atoms with Gasteiger partial charge in [0.2, 0.25) is 0 Å². The van der Waals surface area contributed by atoms with E-state index in [-0.39, 0.29) is 60.9 Å². The number of anilines is 8. The maximum absolute atomic E-state index is 2.92. The van der Waals surface area contributed by atoms with E-state index < -0.39 is 0 Å². The molecule has 3 aliphatic heterocycles. The fourth-order valence-electron chi connectivity index (χ4n) is 18.2. The summed E-state index contributed by atoms with van der Waals surface area (Å²) in [6.07, 6.45) is 11.9. The van der Waals surface area contributed by atoms with Crippen LogP contribution in [0.2, 0.25) is 0 Å². The van der Waals surface area contributed by atoms with Crippen LogP contribution in [0.15, 0.2) is 120 Å². The predicted molar refractivity (Wildman–Crippen MR) is 369 cm³/mol. The quantitative estimate of drug-likeness (QED) is 0.159. The van der Waals surface area contributed by atoms with Crippen molar-refractivity contribution in [3.05, 3.63) is 164 Å². The van der Waals surface area contributed by atoms with E-state index >= 15 is 0 Å². The van der Waals surface area contributed by atoms with Crippen LogP contribution in [0, 0.1) is 16.7 Å². The Morgan fingerprint density at radius 2 is 0.776 bits per heavy atom. The largest absolute Gasteiger partial charge is 0.314 e. The van der Waals surface area contributed by atoms with Crippen molar-refractivity contribution in [3.63, 3.8) is 0 Å². The number of benzene rings is 6. The van der Waals surface area contributed by atoms with E-state index in [1.54, 1.807) is 16.1 Å². The molecule has 85 heavy (non-hydrogen) atoms. The zero-order valence-electron chi connectivity index (χ0n) is 55.9. The van der Waals surface area contributed by atoms with Crippen LogP contribution < -0.4 is 25.6 Å². The molecule has 1 saturated carbocycles. The molecule has 2 atom stereocenters. The highest BCUT2D eigenvalue weighted by Gasteiger charge is 2.60. The van der Waals surface area contributed by atoms with Gasteiger partial charge in [-0.15, -0.1) is 11.8 Å². The van der Waals surface area contributed by atoms with E-state index in [0.29, 0.717) is 11.2 Å². The Labute approximate surface area is 518 Å². The van der Waals surface area contributed by atoms with Crippen LogP contribution >= 0.6 is 11.8 Å². The molecule has 5 heteroatoms. The molecule has 0 spiro atoms. The van der Waals surface area contributed by atoms with Crippen molar-refractivity contribution in [1.82, 2.24) is 0 Å². The van der Waals surface area contributed by atoms with Gasteiger partial charge in [-0.2, -0.15) is 0 Å². The summed E-state index contributed by atoms with van der Waals surface area (Å²) < 4.78 is 0. The van der Waals surface area contributed by atoms with Crippen LogP contribution in [-0.2, 0) is 43.3 Å². The third-order valence-corrected chi connectivity index (χ3v) is 26.5. The first-order valence-corrected chi connectivity index (χ1v) is 34.1. The summed E-state index contributed by atoms with van der Waals surface area (Å²) in [5, 5.41) is 0.429. The third-order valence-electron chi connectivity index (χ3n) is 24.6. The van der Waals surface area contributed by atoms with Crippen molar-refractivity contribution in [2.45, 2.75) is 251 Å². The van der Waals surface area contributed by atoms with Gasteiger partial charge in [-0.1, -0.05) is 181 Å². The molecule has 6 aromatic carbocycles. The molecule has 0 bridgehead atoms. The van der Waals surface area contributed by atoms with Gasteiger partial charge in [0.1, 0.15) is 0 Å². The maximum atomic E-state index is 2.92. The number of nitrogens with zero attached hydrogens (tertiary/aromatic N) is 3. The van der Waals surface area contributed by atoms with Crippen molar-refractivity contribution in [3.8, 4) is 0 Å². The first-order valence-electron chi connectivity index (χ1n) is 33.2. The first-order chi connectivity index (χ1) is 39.6. The number of hydrogen-bond donors (Lipinski definition) is 0. The summed E-state index contributed by atoms with van der Waals surface area (Å²) in [6, 6.07) is 45.5. The standard InChI is InChI=1S/C80H100BN3S/c1-71(2)32-35-74(7,8)57-42-50(26-29-54(57)71)82(49-24-22-21-23-25-49)53-45-64-67-65(46-53)84(52-28-31-56-59(44-52)76(11,12)37-34-73(56,5)6)68-66-69(80(19,20)41-40-79(66,17)18)85-70(68)81(67)62-47-60-61(78(15,16)39-38-77(60,13)14)48-63(62)83(64)51-27-30-55-58(43-51)75(9,10)36-33-72(55,3)4/h21-31,42-48,66,69H,32-41H2,1-20H3. The molecule has 0 saturated heterocycles. The zero-order chi connectivity index (χ0) is 60.5. The van der Waals surface area contributed by atoms with Crippen LogP contribution in [0.3, 0.4) is 0 Å². The maximum Gasteiger partial charge on any atom is 0.259 e. The van der Waals surface area contributed by atoms with Gasteiger partial charge in [-0.3, -0.25) is 0 Å². The van der Waals surface area contributed by atoms with Crippen molar-refractivity contribution >= 4 is 74.9 Å². The SMILES string of the molecule is CC1(C)CCC(C)(C)c2cc(N3C4=C(SC5C4C(C)(C)CCC5(C)C)B4c5cc6c(cc5N(c5ccc7c(c5)C(C)(C)CCC7(C)C)c5cc(N(c7ccccc7)c7ccc8c(c7)C(C)(C)CCC8(C)C)cc3c54)C(C)(C)CCC6(C)C)ccc21. The van der Waals surface area contributed by atoms with Crippen LogP contribution in [0.4, 0.5) is 45.5 Å². The molecule has 0 aromatic heterocycles. The lowest BCUT2D eigenvalue weighted by molar-refractivity contribution is 0.0881. The number of thioether (sulfide) groups is 1. The lowest BCUT2D eigenvalue weighted by Gasteiger charge is -2.52. The van der Waals surface area contributed by atoms with E-state index in [2.05, 4.69) is 274 Å². The van der Waals surface area contributed by atoms with Gasteiger partial charge in [-0.05, 0) is 245 Å². The van der Waals surface area contributed by atoms with Crippen LogP contribution in [0.25, 0.3) is 0 Å². The normalized spacial score (nSPS) is 25.5. The number of rotatable bonds is 5. The lowest BCUT2D eigenvalue weighted by atomic mass is 9.35. The minimum absolute atomic E-state index is 0.0211. The average Bonchev–Trinajstić information content (AvgIpc) is 1.68. The Balaban J connectivity index is 1.15. The van der Waals surface area contributed by atoms with E-state index in [9.17, 15) is 0 Å². The molecule has 2 unspecified atom stereocenters. The van der Waals surface area contributed by atoms with Gasteiger partial charge in [0, 0.05) is 56.7 Å². The second-order valence-electron chi connectivity index (χ2n) is 35.1. The summed E-state index contributed by atoms with van der Waals surface area (Å²) in [7, 11) is 0. The van der Waals surface area contributed by atoms with Gasteiger partial charge in [0.25, 0.3) is 6.71 Å². The molecule has 5 aliphatic carbocycles. The topological polar surface area (TPSA) is 9.72 Å². The van der Waals surface area contributed by atoms with E-state index in [0.717, 1.165) is 0 Å². The van der Waals surface area contributed by atoms with Gasteiger partial charge in [0.15, 0.2) is 0 Å². The molecule has 3 nitrogen and oxygen atoms in total. The predicted octanol–water partition coefficient (Wildman–Crippen LogP) is 21.4. The Morgan fingerprint density at radius 1 is 0.365 bits per heavy atom. The molecule has 8 aliphatic rings. The van der Waals surface area contributed by atoms with Crippen LogP contribution in [0.5, 0.6) is 0 Å². The average molecular weight is 1150 g/mol.